The number of fused-ring (bicyclic) bond motifs is 1. The van der Waals surface area contributed by atoms with Crippen LogP contribution in [0.3, 0.4) is 0 Å². The summed E-state index contributed by atoms with van der Waals surface area (Å²) in [5.41, 5.74) is 1.33. The number of anilines is 1. The molecule has 2 aromatic carbocycles. The van der Waals surface area contributed by atoms with E-state index >= 15 is 0 Å². The normalized spacial score (nSPS) is 11.9. The number of aromatic nitrogens is 1. The van der Waals surface area contributed by atoms with Crippen LogP contribution in [0.2, 0.25) is 0 Å². The lowest BCUT2D eigenvalue weighted by Crippen LogP contribution is -2.15. The predicted octanol–water partition coefficient (Wildman–Crippen LogP) is 3.11. The molecule has 0 saturated heterocycles. The second-order valence-electron chi connectivity index (χ2n) is 5.64. The second-order valence-corrected chi connectivity index (χ2v) is 5.64. The number of rotatable bonds is 4. The average Bonchev–Trinajstić information content (AvgIpc) is 3.36. The molecule has 1 amide bonds. The van der Waals surface area contributed by atoms with Crippen molar-refractivity contribution >= 4 is 17.6 Å². The lowest BCUT2D eigenvalue weighted by atomic mass is 10.1. The molecule has 8 heteroatoms. The topological polar surface area (TPSA) is 99.9 Å². The Morgan fingerprint density at radius 1 is 1.07 bits per heavy atom. The first-order valence-corrected chi connectivity index (χ1v) is 8.01. The van der Waals surface area contributed by atoms with Gasteiger partial charge in [-0.3, -0.25) is 4.79 Å². The third-order valence-corrected chi connectivity index (χ3v) is 3.98. The van der Waals surface area contributed by atoms with Gasteiger partial charge in [-0.25, -0.2) is 4.79 Å². The zero-order chi connectivity index (χ0) is 18.8. The molecule has 136 valence electrons. The van der Waals surface area contributed by atoms with Crippen LogP contribution in [0.15, 0.2) is 53.1 Å². The molecule has 0 saturated carbocycles. The first kappa shape index (κ1) is 16.6. The summed E-state index contributed by atoms with van der Waals surface area (Å²) in [5.74, 6) is 0.589. The molecule has 1 N–H and O–H groups in total. The van der Waals surface area contributed by atoms with Gasteiger partial charge in [0.05, 0.1) is 18.4 Å². The average molecular weight is 366 g/mol. The lowest BCUT2D eigenvalue weighted by molar-refractivity contribution is 0.0602. The standard InChI is InChI=1S/C19H14N2O6/c1-24-19(23)12-4-2-3-5-13(12)20-18(22)14-9-16(27-21-14)11-6-7-15-17(8-11)26-10-25-15/h2-9H,10H2,1H3,(H,20,22). The smallest absolute Gasteiger partial charge is 0.339 e. The fourth-order valence-corrected chi connectivity index (χ4v) is 2.63. The Hall–Kier alpha value is -3.81. The molecule has 4 rings (SSSR count). The van der Waals surface area contributed by atoms with Gasteiger partial charge < -0.3 is 24.1 Å². The number of carbonyl (C=O) groups excluding carboxylic acids is 2. The largest absolute Gasteiger partial charge is 0.465 e. The Morgan fingerprint density at radius 2 is 1.89 bits per heavy atom. The van der Waals surface area contributed by atoms with Crippen molar-refractivity contribution in [1.29, 1.82) is 0 Å². The number of hydrogen-bond acceptors (Lipinski definition) is 7. The highest BCUT2D eigenvalue weighted by Crippen LogP contribution is 2.36. The molecule has 1 aliphatic rings. The maximum Gasteiger partial charge on any atom is 0.339 e. The number of methoxy groups -OCH3 is 1. The lowest BCUT2D eigenvalue weighted by Gasteiger charge is -2.07. The molecule has 27 heavy (non-hydrogen) atoms. The van der Waals surface area contributed by atoms with Gasteiger partial charge in [0, 0.05) is 11.6 Å². The van der Waals surface area contributed by atoms with Crippen molar-refractivity contribution in [2.45, 2.75) is 0 Å². The summed E-state index contributed by atoms with van der Waals surface area (Å²) in [6.45, 7) is 0.169. The van der Waals surface area contributed by atoms with E-state index in [9.17, 15) is 9.59 Å². The molecule has 0 aliphatic carbocycles. The summed E-state index contributed by atoms with van der Waals surface area (Å²) in [6.07, 6.45) is 0. The van der Waals surface area contributed by atoms with Gasteiger partial charge in [0.2, 0.25) is 6.79 Å². The van der Waals surface area contributed by atoms with Gasteiger partial charge in [0.15, 0.2) is 23.0 Å². The fourth-order valence-electron chi connectivity index (χ4n) is 2.63. The van der Waals surface area contributed by atoms with E-state index in [0.717, 1.165) is 0 Å². The van der Waals surface area contributed by atoms with Crippen molar-refractivity contribution in [1.82, 2.24) is 5.16 Å². The summed E-state index contributed by atoms with van der Waals surface area (Å²) < 4.78 is 20.6. The van der Waals surface area contributed by atoms with Gasteiger partial charge in [-0.15, -0.1) is 0 Å². The van der Waals surface area contributed by atoms with Crippen LogP contribution < -0.4 is 14.8 Å². The summed E-state index contributed by atoms with van der Waals surface area (Å²) in [5, 5.41) is 6.44. The third-order valence-electron chi connectivity index (χ3n) is 3.98. The van der Waals surface area contributed by atoms with E-state index in [0.29, 0.717) is 28.5 Å². The first-order valence-electron chi connectivity index (χ1n) is 8.01. The number of ether oxygens (including phenoxy) is 3. The molecule has 1 aromatic heterocycles. The van der Waals surface area contributed by atoms with Crippen molar-refractivity contribution in [2.75, 3.05) is 19.2 Å². The van der Waals surface area contributed by atoms with E-state index in [4.69, 9.17) is 18.7 Å². The minimum absolute atomic E-state index is 0.0716. The number of esters is 1. The summed E-state index contributed by atoms with van der Waals surface area (Å²) in [7, 11) is 1.27. The summed E-state index contributed by atoms with van der Waals surface area (Å²) in [4.78, 5) is 24.3. The molecule has 0 fully saturated rings. The van der Waals surface area contributed by atoms with Gasteiger partial charge in [0.1, 0.15) is 0 Å². The van der Waals surface area contributed by atoms with E-state index in [1.807, 2.05) is 0 Å². The predicted molar refractivity (Wildman–Crippen MR) is 93.8 cm³/mol. The molecule has 1 aliphatic heterocycles. The minimum Gasteiger partial charge on any atom is -0.465 e. The molecule has 8 nitrogen and oxygen atoms in total. The Kier molecular flexibility index (Phi) is 4.21. The molecule has 0 bridgehead atoms. The number of benzene rings is 2. The number of nitrogens with one attached hydrogen (secondary N) is 1. The van der Waals surface area contributed by atoms with E-state index in [1.54, 1.807) is 42.5 Å². The number of carbonyl (C=O) groups is 2. The highest BCUT2D eigenvalue weighted by atomic mass is 16.7. The zero-order valence-corrected chi connectivity index (χ0v) is 14.2. The SMILES string of the molecule is COC(=O)c1ccccc1NC(=O)c1cc(-c2ccc3c(c2)OCO3)on1. The van der Waals surface area contributed by atoms with Crippen LogP contribution in [0.4, 0.5) is 5.69 Å². The van der Waals surface area contributed by atoms with Gasteiger partial charge in [-0.1, -0.05) is 17.3 Å². The van der Waals surface area contributed by atoms with E-state index in [1.165, 1.54) is 13.2 Å². The van der Waals surface area contributed by atoms with Crippen molar-refractivity contribution < 1.29 is 28.3 Å². The van der Waals surface area contributed by atoms with Crippen LogP contribution in [0.5, 0.6) is 11.5 Å². The Balaban J connectivity index is 1.56. The van der Waals surface area contributed by atoms with Crippen LogP contribution in [0.25, 0.3) is 11.3 Å². The van der Waals surface area contributed by atoms with E-state index in [-0.39, 0.29) is 18.1 Å². The van der Waals surface area contributed by atoms with Crippen molar-refractivity contribution in [3.05, 3.63) is 59.8 Å². The van der Waals surface area contributed by atoms with Crippen LogP contribution in [0.1, 0.15) is 20.8 Å². The highest BCUT2D eigenvalue weighted by molar-refractivity contribution is 6.07. The minimum atomic E-state index is -0.549. The highest BCUT2D eigenvalue weighted by Gasteiger charge is 2.19. The summed E-state index contributed by atoms with van der Waals surface area (Å²) in [6, 6.07) is 13.3. The monoisotopic (exact) mass is 366 g/mol. The number of amides is 1. The van der Waals surface area contributed by atoms with Crippen LogP contribution in [-0.4, -0.2) is 30.9 Å². The maximum atomic E-state index is 12.5. The Morgan fingerprint density at radius 3 is 2.74 bits per heavy atom. The number of para-hydroxylation sites is 1. The first-order chi connectivity index (χ1) is 13.2. The molecule has 0 unspecified atom stereocenters. The number of hydrogen-bond donors (Lipinski definition) is 1. The molecule has 2 heterocycles. The van der Waals surface area contributed by atoms with Gasteiger partial charge in [0.25, 0.3) is 5.91 Å². The van der Waals surface area contributed by atoms with Crippen LogP contribution in [0, 0.1) is 0 Å². The van der Waals surface area contributed by atoms with Gasteiger partial charge in [-0.05, 0) is 30.3 Å². The van der Waals surface area contributed by atoms with Crippen molar-refractivity contribution in [3.63, 3.8) is 0 Å². The third kappa shape index (κ3) is 3.20. The summed E-state index contributed by atoms with van der Waals surface area (Å²) >= 11 is 0. The maximum absolute atomic E-state index is 12.5. The molecule has 3 aromatic rings. The van der Waals surface area contributed by atoms with E-state index in [2.05, 4.69) is 10.5 Å². The molecule has 0 spiro atoms. The molecule has 0 radical (unpaired) electrons. The molecule has 0 atom stereocenters. The van der Waals surface area contributed by atoms with Crippen molar-refractivity contribution in [3.8, 4) is 22.8 Å². The Bertz CT molecular complexity index is 1030. The second kappa shape index (κ2) is 6.83. The van der Waals surface area contributed by atoms with E-state index < -0.39 is 11.9 Å². The van der Waals surface area contributed by atoms with Crippen molar-refractivity contribution in [2.24, 2.45) is 0 Å². The number of nitrogens with zero attached hydrogens (tertiary/aromatic N) is 1. The van der Waals surface area contributed by atoms with Gasteiger partial charge in [-0.2, -0.15) is 0 Å². The fraction of sp³-hybridized carbons (Fsp3) is 0.105. The quantitative estimate of drug-likeness (QED) is 0.708. The molecular weight excluding hydrogens is 352 g/mol. The van der Waals surface area contributed by atoms with Crippen LogP contribution in [-0.2, 0) is 4.74 Å². The van der Waals surface area contributed by atoms with Gasteiger partial charge >= 0.3 is 5.97 Å². The Labute approximate surface area is 153 Å². The zero-order valence-electron chi connectivity index (χ0n) is 14.2. The van der Waals surface area contributed by atoms with Crippen LogP contribution >= 0.6 is 0 Å². The molecular formula is C19H14N2O6.